The quantitative estimate of drug-likeness (QED) is 0.867. The standard InChI is InChI=1S/C15H17F3N2O2/c16-15(17,18)11-3-1-2-10(8-11)13(21)4-5-14(22)20-7-6-12(19)9-20/h1-3,8,12H,4-7,9,19H2/t12-/m0/s1. The molecule has 1 amide bonds. The van der Waals surface area contributed by atoms with Crippen LogP contribution in [-0.2, 0) is 11.0 Å². The van der Waals surface area contributed by atoms with E-state index in [2.05, 4.69) is 0 Å². The van der Waals surface area contributed by atoms with Crippen LogP contribution in [0.5, 0.6) is 0 Å². The number of likely N-dealkylation sites (tertiary alicyclic amines) is 1. The predicted molar refractivity (Wildman–Crippen MR) is 74.2 cm³/mol. The number of amides is 1. The monoisotopic (exact) mass is 314 g/mol. The molecule has 0 unspecified atom stereocenters. The molecule has 1 aliphatic heterocycles. The first-order valence-electron chi connectivity index (χ1n) is 7.01. The molecule has 1 aromatic carbocycles. The SMILES string of the molecule is N[C@H]1CCN(C(=O)CCC(=O)c2cccc(C(F)(F)F)c2)C1. The number of nitrogens with zero attached hydrogens (tertiary/aromatic N) is 1. The Morgan fingerprint density at radius 1 is 1.27 bits per heavy atom. The fourth-order valence-corrected chi connectivity index (χ4v) is 2.41. The molecule has 2 rings (SSSR count). The number of alkyl halides is 3. The van der Waals surface area contributed by atoms with Crippen LogP contribution in [0.15, 0.2) is 24.3 Å². The molecule has 1 aliphatic rings. The molecule has 0 spiro atoms. The number of benzene rings is 1. The summed E-state index contributed by atoms with van der Waals surface area (Å²) in [6.07, 6.45) is -3.88. The van der Waals surface area contributed by atoms with Crippen molar-refractivity contribution in [2.75, 3.05) is 13.1 Å². The van der Waals surface area contributed by atoms with Gasteiger partial charge in [-0.3, -0.25) is 9.59 Å². The molecule has 2 N–H and O–H groups in total. The van der Waals surface area contributed by atoms with Gasteiger partial charge in [-0.2, -0.15) is 13.2 Å². The molecule has 0 aliphatic carbocycles. The predicted octanol–water partition coefficient (Wildman–Crippen LogP) is 2.23. The second-order valence-corrected chi connectivity index (χ2v) is 5.39. The lowest BCUT2D eigenvalue weighted by Gasteiger charge is -2.15. The lowest BCUT2D eigenvalue weighted by molar-refractivity contribution is -0.137. The molecule has 7 heteroatoms. The Morgan fingerprint density at radius 2 is 2.00 bits per heavy atom. The summed E-state index contributed by atoms with van der Waals surface area (Å²) < 4.78 is 37.8. The number of hydrogen-bond donors (Lipinski definition) is 1. The second kappa shape index (κ2) is 6.48. The van der Waals surface area contributed by atoms with Crippen molar-refractivity contribution in [3.05, 3.63) is 35.4 Å². The highest BCUT2D eigenvalue weighted by molar-refractivity contribution is 5.98. The summed E-state index contributed by atoms with van der Waals surface area (Å²) in [4.78, 5) is 25.4. The van der Waals surface area contributed by atoms with Crippen molar-refractivity contribution < 1.29 is 22.8 Å². The Hall–Kier alpha value is -1.89. The molecular formula is C15H17F3N2O2. The smallest absolute Gasteiger partial charge is 0.341 e. The Labute approximate surface area is 126 Å². The molecule has 1 fully saturated rings. The maximum atomic E-state index is 12.6. The van der Waals surface area contributed by atoms with Crippen LogP contribution in [0, 0.1) is 0 Å². The van der Waals surface area contributed by atoms with Gasteiger partial charge in [0.2, 0.25) is 5.91 Å². The topological polar surface area (TPSA) is 63.4 Å². The summed E-state index contributed by atoms with van der Waals surface area (Å²) in [5.74, 6) is -0.656. The van der Waals surface area contributed by atoms with E-state index in [4.69, 9.17) is 5.73 Å². The lowest BCUT2D eigenvalue weighted by atomic mass is 10.0. The number of nitrogens with two attached hydrogens (primary N) is 1. The Morgan fingerprint density at radius 3 is 2.59 bits per heavy atom. The van der Waals surface area contributed by atoms with Gasteiger partial charge in [0.15, 0.2) is 5.78 Å². The summed E-state index contributed by atoms with van der Waals surface area (Å²) in [7, 11) is 0. The van der Waals surface area contributed by atoms with Gasteiger partial charge in [0.1, 0.15) is 0 Å². The minimum atomic E-state index is -4.49. The highest BCUT2D eigenvalue weighted by Crippen LogP contribution is 2.29. The van der Waals surface area contributed by atoms with Crippen LogP contribution in [0.4, 0.5) is 13.2 Å². The number of Topliss-reactive ketones (excluding diaryl/α,β-unsaturated/α-hetero) is 1. The van der Waals surface area contributed by atoms with E-state index < -0.39 is 17.5 Å². The minimum Gasteiger partial charge on any atom is -0.341 e. The van der Waals surface area contributed by atoms with Crippen LogP contribution in [-0.4, -0.2) is 35.7 Å². The van der Waals surface area contributed by atoms with Crippen LogP contribution in [0.2, 0.25) is 0 Å². The summed E-state index contributed by atoms with van der Waals surface area (Å²) in [6, 6.07) is 4.21. The molecule has 0 saturated carbocycles. The highest BCUT2D eigenvalue weighted by atomic mass is 19.4. The van der Waals surface area contributed by atoms with E-state index in [0.717, 1.165) is 18.6 Å². The van der Waals surface area contributed by atoms with Crippen LogP contribution < -0.4 is 5.73 Å². The first kappa shape index (κ1) is 16.5. The van der Waals surface area contributed by atoms with Gasteiger partial charge in [-0.1, -0.05) is 12.1 Å². The van der Waals surface area contributed by atoms with E-state index in [1.54, 1.807) is 4.90 Å². The molecule has 1 aromatic rings. The maximum Gasteiger partial charge on any atom is 0.416 e. The van der Waals surface area contributed by atoms with Crippen molar-refractivity contribution >= 4 is 11.7 Å². The van der Waals surface area contributed by atoms with Crippen molar-refractivity contribution in [3.63, 3.8) is 0 Å². The third-order valence-corrected chi connectivity index (χ3v) is 3.66. The zero-order valence-electron chi connectivity index (χ0n) is 11.9. The molecule has 0 aromatic heterocycles. The maximum absolute atomic E-state index is 12.6. The van der Waals surface area contributed by atoms with Gasteiger partial charge in [0, 0.05) is 37.5 Å². The fourth-order valence-electron chi connectivity index (χ4n) is 2.41. The zero-order chi connectivity index (χ0) is 16.3. The first-order valence-corrected chi connectivity index (χ1v) is 7.01. The third kappa shape index (κ3) is 4.07. The van der Waals surface area contributed by atoms with E-state index in [-0.39, 0.29) is 30.4 Å². The van der Waals surface area contributed by atoms with Gasteiger partial charge in [-0.15, -0.1) is 0 Å². The van der Waals surface area contributed by atoms with Gasteiger partial charge in [0.25, 0.3) is 0 Å². The molecule has 0 bridgehead atoms. The molecule has 22 heavy (non-hydrogen) atoms. The van der Waals surface area contributed by atoms with Crippen molar-refractivity contribution in [2.24, 2.45) is 5.73 Å². The third-order valence-electron chi connectivity index (χ3n) is 3.66. The van der Waals surface area contributed by atoms with Gasteiger partial charge in [0.05, 0.1) is 5.56 Å². The lowest BCUT2D eigenvalue weighted by Crippen LogP contribution is -2.32. The molecular weight excluding hydrogens is 297 g/mol. The molecule has 4 nitrogen and oxygen atoms in total. The van der Waals surface area contributed by atoms with E-state index in [1.807, 2.05) is 0 Å². The van der Waals surface area contributed by atoms with Crippen LogP contribution >= 0.6 is 0 Å². The Balaban J connectivity index is 1.94. The van der Waals surface area contributed by atoms with E-state index in [1.165, 1.54) is 12.1 Å². The molecule has 0 radical (unpaired) electrons. The summed E-state index contributed by atoms with van der Waals surface area (Å²) in [5, 5.41) is 0. The average Bonchev–Trinajstić information content (AvgIpc) is 2.90. The Bertz CT molecular complexity index is 572. The number of halogens is 3. The highest BCUT2D eigenvalue weighted by Gasteiger charge is 2.31. The molecule has 1 atom stereocenters. The average molecular weight is 314 g/mol. The van der Waals surface area contributed by atoms with E-state index >= 15 is 0 Å². The van der Waals surface area contributed by atoms with Gasteiger partial charge in [-0.05, 0) is 18.6 Å². The largest absolute Gasteiger partial charge is 0.416 e. The summed E-state index contributed by atoms with van der Waals surface area (Å²) >= 11 is 0. The van der Waals surface area contributed by atoms with Crippen LogP contribution in [0.3, 0.4) is 0 Å². The molecule has 1 saturated heterocycles. The number of hydrogen-bond acceptors (Lipinski definition) is 3. The van der Waals surface area contributed by atoms with E-state index in [9.17, 15) is 22.8 Å². The first-order chi connectivity index (χ1) is 10.3. The van der Waals surface area contributed by atoms with Crippen LogP contribution in [0.25, 0.3) is 0 Å². The van der Waals surface area contributed by atoms with Gasteiger partial charge < -0.3 is 10.6 Å². The summed E-state index contributed by atoms with van der Waals surface area (Å²) in [5.41, 5.74) is 4.81. The van der Waals surface area contributed by atoms with Crippen molar-refractivity contribution in [1.29, 1.82) is 0 Å². The van der Waals surface area contributed by atoms with Crippen LogP contribution in [0.1, 0.15) is 35.2 Å². The van der Waals surface area contributed by atoms with Gasteiger partial charge in [-0.25, -0.2) is 0 Å². The Kier molecular flexibility index (Phi) is 4.85. The fraction of sp³-hybridized carbons (Fsp3) is 0.467. The number of carbonyl (C=O) groups is 2. The zero-order valence-corrected chi connectivity index (χ0v) is 11.9. The number of carbonyl (C=O) groups excluding carboxylic acids is 2. The van der Waals surface area contributed by atoms with Crippen molar-refractivity contribution in [2.45, 2.75) is 31.5 Å². The summed E-state index contributed by atoms with van der Waals surface area (Å²) in [6.45, 7) is 1.04. The van der Waals surface area contributed by atoms with Gasteiger partial charge >= 0.3 is 6.18 Å². The minimum absolute atomic E-state index is 0.0121. The second-order valence-electron chi connectivity index (χ2n) is 5.39. The molecule has 1 heterocycles. The number of rotatable bonds is 4. The normalized spacial score (nSPS) is 18.5. The van der Waals surface area contributed by atoms with Crippen molar-refractivity contribution in [3.8, 4) is 0 Å². The molecule has 120 valence electrons. The van der Waals surface area contributed by atoms with Crippen molar-refractivity contribution in [1.82, 2.24) is 4.90 Å². The van der Waals surface area contributed by atoms with E-state index in [0.29, 0.717) is 13.1 Å². The number of ketones is 1.